The largest absolute Gasteiger partial charge is 0.353 e. The lowest BCUT2D eigenvalue weighted by molar-refractivity contribution is 0.376. The Morgan fingerprint density at radius 3 is 2.38 bits per heavy atom. The normalized spacial score (nSPS) is 24.5. The fourth-order valence-electron chi connectivity index (χ4n) is 2.77. The molecule has 0 aromatic heterocycles. The maximum absolute atomic E-state index is 13.5. The van der Waals surface area contributed by atoms with Gasteiger partial charge in [0.25, 0.3) is 0 Å². The SMILES string of the molecule is CC1(c2cccc(F)c2)NC(=S)NC1c1cccc(F)c1. The number of halogens is 2. The first-order valence-electron chi connectivity index (χ1n) is 6.59. The molecule has 2 aromatic rings. The molecule has 1 heterocycles. The summed E-state index contributed by atoms with van der Waals surface area (Å²) in [5.74, 6) is -0.625. The smallest absolute Gasteiger partial charge is 0.167 e. The molecule has 3 rings (SSSR count). The summed E-state index contributed by atoms with van der Waals surface area (Å²) in [7, 11) is 0. The number of hydrogen-bond acceptors (Lipinski definition) is 1. The van der Waals surface area contributed by atoms with E-state index >= 15 is 0 Å². The van der Waals surface area contributed by atoms with Crippen molar-refractivity contribution in [3.63, 3.8) is 0 Å². The molecule has 1 fully saturated rings. The summed E-state index contributed by atoms with van der Waals surface area (Å²) in [4.78, 5) is 0. The summed E-state index contributed by atoms with van der Waals surface area (Å²) in [6.45, 7) is 1.92. The lowest BCUT2D eigenvalue weighted by Gasteiger charge is -2.31. The lowest BCUT2D eigenvalue weighted by atomic mass is 9.82. The Labute approximate surface area is 127 Å². The summed E-state index contributed by atoms with van der Waals surface area (Å²) >= 11 is 5.20. The lowest BCUT2D eigenvalue weighted by Crippen LogP contribution is -2.39. The Bertz CT molecular complexity index is 704. The molecule has 2 N–H and O–H groups in total. The van der Waals surface area contributed by atoms with Crippen LogP contribution in [0.2, 0.25) is 0 Å². The second-order valence-electron chi connectivity index (χ2n) is 5.30. The molecule has 2 unspecified atom stereocenters. The number of benzene rings is 2. The Kier molecular flexibility index (Phi) is 3.37. The van der Waals surface area contributed by atoms with Crippen LogP contribution in [0.1, 0.15) is 24.1 Å². The minimum atomic E-state index is -0.646. The van der Waals surface area contributed by atoms with E-state index in [9.17, 15) is 8.78 Å². The third-order valence-corrected chi connectivity index (χ3v) is 4.05. The van der Waals surface area contributed by atoms with E-state index in [1.165, 1.54) is 24.3 Å². The Morgan fingerprint density at radius 2 is 1.71 bits per heavy atom. The molecular formula is C16H14F2N2S. The summed E-state index contributed by atoms with van der Waals surface area (Å²) in [6.07, 6.45) is 0. The number of hydrogen-bond donors (Lipinski definition) is 2. The molecule has 108 valence electrons. The van der Waals surface area contributed by atoms with Gasteiger partial charge in [0.15, 0.2) is 5.11 Å². The van der Waals surface area contributed by atoms with Gasteiger partial charge in [-0.1, -0.05) is 24.3 Å². The van der Waals surface area contributed by atoms with Gasteiger partial charge >= 0.3 is 0 Å². The van der Waals surface area contributed by atoms with Crippen LogP contribution in [0, 0.1) is 11.6 Å². The van der Waals surface area contributed by atoms with Crippen molar-refractivity contribution in [2.75, 3.05) is 0 Å². The van der Waals surface area contributed by atoms with Crippen molar-refractivity contribution in [2.24, 2.45) is 0 Å². The molecule has 5 heteroatoms. The van der Waals surface area contributed by atoms with Gasteiger partial charge in [-0.05, 0) is 54.5 Å². The van der Waals surface area contributed by atoms with Gasteiger partial charge in [0.1, 0.15) is 11.6 Å². The summed E-state index contributed by atoms with van der Waals surface area (Å²) < 4.78 is 27.0. The molecule has 2 atom stereocenters. The van der Waals surface area contributed by atoms with Crippen molar-refractivity contribution in [3.05, 3.63) is 71.3 Å². The highest BCUT2D eigenvalue weighted by atomic mass is 32.1. The van der Waals surface area contributed by atoms with Gasteiger partial charge in [0, 0.05) is 0 Å². The van der Waals surface area contributed by atoms with Crippen LogP contribution in [0.15, 0.2) is 48.5 Å². The Balaban J connectivity index is 2.08. The van der Waals surface area contributed by atoms with Crippen molar-refractivity contribution in [3.8, 4) is 0 Å². The maximum atomic E-state index is 13.5. The van der Waals surface area contributed by atoms with E-state index in [4.69, 9.17) is 12.2 Å². The van der Waals surface area contributed by atoms with Gasteiger partial charge in [0.05, 0.1) is 11.6 Å². The van der Waals surface area contributed by atoms with Gasteiger partial charge in [0.2, 0.25) is 0 Å². The highest BCUT2D eigenvalue weighted by Gasteiger charge is 2.43. The van der Waals surface area contributed by atoms with E-state index in [0.717, 1.165) is 11.1 Å². The monoisotopic (exact) mass is 304 g/mol. The van der Waals surface area contributed by atoms with E-state index in [1.54, 1.807) is 12.1 Å². The van der Waals surface area contributed by atoms with E-state index in [-0.39, 0.29) is 17.7 Å². The zero-order chi connectivity index (χ0) is 15.0. The first kappa shape index (κ1) is 13.9. The van der Waals surface area contributed by atoms with Gasteiger partial charge in [-0.15, -0.1) is 0 Å². The predicted molar refractivity (Wildman–Crippen MR) is 81.8 cm³/mol. The highest BCUT2D eigenvalue weighted by Crippen LogP contribution is 2.38. The first-order valence-corrected chi connectivity index (χ1v) is 7.00. The number of thiocarbonyl (C=S) groups is 1. The van der Waals surface area contributed by atoms with Crippen molar-refractivity contribution >= 4 is 17.3 Å². The molecule has 1 aliphatic heterocycles. The molecule has 0 bridgehead atoms. The maximum Gasteiger partial charge on any atom is 0.167 e. The van der Waals surface area contributed by atoms with Crippen LogP contribution in [0.5, 0.6) is 0 Å². The minimum absolute atomic E-state index is 0.275. The second-order valence-corrected chi connectivity index (χ2v) is 5.71. The molecular weight excluding hydrogens is 290 g/mol. The highest BCUT2D eigenvalue weighted by molar-refractivity contribution is 7.80. The third-order valence-electron chi connectivity index (χ3n) is 3.83. The second kappa shape index (κ2) is 5.07. The van der Waals surface area contributed by atoms with Crippen LogP contribution in [-0.2, 0) is 5.54 Å². The fourth-order valence-corrected chi connectivity index (χ4v) is 3.10. The number of nitrogens with one attached hydrogen (secondary N) is 2. The van der Waals surface area contributed by atoms with E-state index < -0.39 is 5.54 Å². The molecule has 1 saturated heterocycles. The van der Waals surface area contributed by atoms with E-state index in [1.807, 2.05) is 19.1 Å². The average Bonchev–Trinajstić information content (AvgIpc) is 2.75. The summed E-state index contributed by atoms with van der Waals surface area (Å²) in [5, 5.41) is 6.78. The Hall–Kier alpha value is -2.01. The van der Waals surface area contributed by atoms with Gasteiger partial charge < -0.3 is 10.6 Å². The van der Waals surface area contributed by atoms with Crippen molar-refractivity contribution in [1.82, 2.24) is 10.6 Å². The van der Waals surface area contributed by atoms with Crippen molar-refractivity contribution in [1.29, 1.82) is 0 Å². The Morgan fingerprint density at radius 1 is 1.05 bits per heavy atom. The van der Waals surface area contributed by atoms with E-state index in [2.05, 4.69) is 10.6 Å². The molecule has 2 aromatic carbocycles. The van der Waals surface area contributed by atoms with Crippen LogP contribution in [-0.4, -0.2) is 5.11 Å². The summed E-state index contributed by atoms with van der Waals surface area (Å²) in [6, 6.07) is 12.4. The van der Waals surface area contributed by atoms with Gasteiger partial charge in [-0.3, -0.25) is 0 Å². The molecule has 0 radical (unpaired) electrons. The molecule has 0 amide bonds. The van der Waals surface area contributed by atoms with Crippen LogP contribution in [0.4, 0.5) is 8.78 Å². The van der Waals surface area contributed by atoms with Crippen LogP contribution >= 0.6 is 12.2 Å². The van der Waals surface area contributed by atoms with E-state index in [0.29, 0.717) is 5.11 Å². The molecule has 0 spiro atoms. The molecule has 0 aliphatic carbocycles. The fraction of sp³-hybridized carbons (Fsp3) is 0.188. The van der Waals surface area contributed by atoms with Gasteiger partial charge in [-0.2, -0.15) is 0 Å². The number of rotatable bonds is 2. The minimum Gasteiger partial charge on any atom is -0.353 e. The zero-order valence-corrected chi connectivity index (χ0v) is 12.2. The molecule has 21 heavy (non-hydrogen) atoms. The van der Waals surface area contributed by atoms with Crippen LogP contribution in [0.25, 0.3) is 0 Å². The topological polar surface area (TPSA) is 24.1 Å². The van der Waals surface area contributed by atoms with Crippen molar-refractivity contribution < 1.29 is 8.78 Å². The standard InChI is InChI=1S/C16H14F2N2S/c1-16(11-5-3-7-13(18)9-11)14(19-15(21)20-16)10-4-2-6-12(17)8-10/h2-9,14H,1H3,(H2,19,20,21). The molecule has 2 nitrogen and oxygen atoms in total. The predicted octanol–water partition coefficient (Wildman–Crippen LogP) is 3.40. The zero-order valence-electron chi connectivity index (χ0n) is 11.4. The van der Waals surface area contributed by atoms with Crippen LogP contribution < -0.4 is 10.6 Å². The third kappa shape index (κ3) is 2.49. The quantitative estimate of drug-likeness (QED) is 0.832. The van der Waals surface area contributed by atoms with Crippen LogP contribution in [0.3, 0.4) is 0 Å². The van der Waals surface area contributed by atoms with Crippen molar-refractivity contribution in [2.45, 2.75) is 18.5 Å². The first-order chi connectivity index (χ1) is 9.99. The molecule has 1 aliphatic rings. The average molecular weight is 304 g/mol. The summed E-state index contributed by atoms with van der Waals surface area (Å²) in [5.41, 5.74) is 0.866. The van der Waals surface area contributed by atoms with Gasteiger partial charge in [-0.25, -0.2) is 8.78 Å². The molecule has 0 saturated carbocycles.